The zero-order valence-electron chi connectivity index (χ0n) is 44.5. The van der Waals surface area contributed by atoms with Crippen molar-refractivity contribution in [1.29, 1.82) is 0 Å². The Bertz CT molecular complexity index is 982. The van der Waals surface area contributed by atoms with Crippen LogP contribution in [0.5, 0.6) is 0 Å². The number of unbranched alkanes of at least 4 members (excludes halogenated alkanes) is 40. The van der Waals surface area contributed by atoms with Gasteiger partial charge in [0.25, 0.3) is 0 Å². The molecular formula is C59H114O6. The lowest BCUT2D eigenvalue weighted by Crippen LogP contribution is -2.30. The van der Waals surface area contributed by atoms with E-state index in [1.54, 1.807) is 0 Å². The highest BCUT2D eigenvalue weighted by Crippen LogP contribution is 2.18. The minimum absolute atomic E-state index is 0.0620. The average molecular weight is 920 g/mol. The molecule has 0 heterocycles. The molecule has 0 amide bonds. The molecule has 0 aliphatic carbocycles. The fourth-order valence-corrected chi connectivity index (χ4v) is 9.07. The van der Waals surface area contributed by atoms with Crippen LogP contribution >= 0.6 is 0 Å². The molecule has 0 rings (SSSR count). The fourth-order valence-electron chi connectivity index (χ4n) is 9.07. The fraction of sp³-hybridized carbons (Fsp3) is 0.949. The molecule has 0 N–H and O–H groups in total. The van der Waals surface area contributed by atoms with E-state index in [1.165, 1.54) is 231 Å². The van der Waals surface area contributed by atoms with Gasteiger partial charge in [-0.05, 0) is 25.2 Å². The molecule has 0 aliphatic heterocycles. The van der Waals surface area contributed by atoms with Crippen LogP contribution in [-0.2, 0) is 28.6 Å². The van der Waals surface area contributed by atoms with Crippen molar-refractivity contribution < 1.29 is 28.6 Å². The van der Waals surface area contributed by atoms with E-state index in [0.29, 0.717) is 19.3 Å². The van der Waals surface area contributed by atoms with Crippen molar-refractivity contribution in [3.05, 3.63) is 0 Å². The molecule has 0 radical (unpaired) electrons. The van der Waals surface area contributed by atoms with Gasteiger partial charge in [-0.3, -0.25) is 14.4 Å². The Kier molecular flexibility index (Phi) is 52.1. The summed E-state index contributed by atoms with van der Waals surface area (Å²) in [5.41, 5.74) is 0. The molecule has 2 atom stereocenters. The Hall–Kier alpha value is -1.59. The van der Waals surface area contributed by atoms with E-state index < -0.39 is 6.10 Å². The van der Waals surface area contributed by atoms with Crippen molar-refractivity contribution >= 4 is 17.9 Å². The van der Waals surface area contributed by atoms with Gasteiger partial charge in [0.05, 0.1) is 0 Å². The number of carbonyl (C=O) groups excluding carboxylic acids is 3. The Morgan fingerprint density at radius 2 is 0.538 bits per heavy atom. The highest BCUT2D eigenvalue weighted by atomic mass is 16.6. The summed E-state index contributed by atoms with van der Waals surface area (Å²) >= 11 is 0. The van der Waals surface area contributed by atoms with Gasteiger partial charge in [-0.2, -0.15) is 0 Å². The number of hydrogen-bond acceptors (Lipinski definition) is 6. The molecule has 0 aromatic carbocycles. The summed E-state index contributed by atoms with van der Waals surface area (Å²) in [4.78, 5) is 38.2. The highest BCUT2D eigenvalue weighted by Gasteiger charge is 2.19. The average Bonchev–Trinajstić information content (AvgIpc) is 3.30. The van der Waals surface area contributed by atoms with Crippen molar-refractivity contribution in [2.45, 2.75) is 342 Å². The lowest BCUT2D eigenvalue weighted by molar-refractivity contribution is -0.167. The molecule has 0 bridgehead atoms. The lowest BCUT2D eigenvalue weighted by atomic mass is 9.99. The lowest BCUT2D eigenvalue weighted by Gasteiger charge is -2.18. The topological polar surface area (TPSA) is 78.9 Å². The molecule has 1 unspecified atom stereocenters. The van der Waals surface area contributed by atoms with Crippen molar-refractivity contribution in [3.8, 4) is 0 Å². The molecule has 0 fully saturated rings. The quantitative estimate of drug-likeness (QED) is 0.0344. The zero-order chi connectivity index (χ0) is 47.4. The van der Waals surface area contributed by atoms with E-state index >= 15 is 0 Å². The van der Waals surface area contributed by atoms with E-state index in [2.05, 4.69) is 27.7 Å². The number of esters is 3. The van der Waals surface area contributed by atoms with Crippen LogP contribution in [0.2, 0.25) is 0 Å². The summed E-state index contributed by atoms with van der Waals surface area (Å²) in [6.07, 6.45) is 58.0. The third kappa shape index (κ3) is 51.6. The summed E-state index contributed by atoms with van der Waals surface area (Å²) in [7, 11) is 0. The Morgan fingerprint density at radius 1 is 0.308 bits per heavy atom. The van der Waals surface area contributed by atoms with Gasteiger partial charge in [-0.25, -0.2) is 0 Å². The van der Waals surface area contributed by atoms with Crippen LogP contribution in [0, 0.1) is 5.92 Å². The van der Waals surface area contributed by atoms with Crippen LogP contribution in [-0.4, -0.2) is 37.2 Å². The Balaban J connectivity index is 4.29. The smallest absolute Gasteiger partial charge is 0.306 e. The third-order valence-corrected chi connectivity index (χ3v) is 13.9. The zero-order valence-corrected chi connectivity index (χ0v) is 44.5. The molecule has 0 spiro atoms. The van der Waals surface area contributed by atoms with Crippen LogP contribution < -0.4 is 0 Å². The summed E-state index contributed by atoms with van der Waals surface area (Å²) in [5.74, 6) is 0.0325. The molecule has 0 aromatic heterocycles. The number of hydrogen-bond donors (Lipinski definition) is 0. The van der Waals surface area contributed by atoms with Gasteiger partial charge < -0.3 is 14.2 Å². The molecular weight excluding hydrogens is 805 g/mol. The second kappa shape index (κ2) is 53.4. The molecule has 0 aromatic rings. The van der Waals surface area contributed by atoms with Crippen LogP contribution in [0.3, 0.4) is 0 Å². The van der Waals surface area contributed by atoms with Crippen LogP contribution in [0.4, 0.5) is 0 Å². The first-order valence-corrected chi connectivity index (χ1v) is 29.4. The predicted octanol–water partition coefficient (Wildman–Crippen LogP) is 19.4. The summed E-state index contributed by atoms with van der Waals surface area (Å²) in [6.45, 7) is 9.08. The molecule has 0 aliphatic rings. The van der Waals surface area contributed by atoms with Gasteiger partial charge in [0.2, 0.25) is 0 Å². The second-order valence-corrected chi connectivity index (χ2v) is 20.5. The maximum absolute atomic E-state index is 12.8. The summed E-state index contributed by atoms with van der Waals surface area (Å²) in [5, 5.41) is 0. The van der Waals surface area contributed by atoms with Gasteiger partial charge >= 0.3 is 17.9 Å². The summed E-state index contributed by atoms with van der Waals surface area (Å²) < 4.78 is 16.9. The van der Waals surface area contributed by atoms with Gasteiger partial charge in [-0.15, -0.1) is 0 Å². The van der Waals surface area contributed by atoms with Crippen LogP contribution in [0.1, 0.15) is 336 Å². The minimum Gasteiger partial charge on any atom is -0.462 e. The van der Waals surface area contributed by atoms with Crippen LogP contribution in [0.15, 0.2) is 0 Å². The predicted molar refractivity (Wildman–Crippen MR) is 280 cm³/mol. The van der Waals surface area contributed by atoms with Crippen molar-refractivity contribution in [2.24, 2.45) is 5.92 Å². The SMILES string of the molecule is CCCCCCCCCCCCCCCCCCCC(=O)OC[C@@H](COC(=O)CCCCCCCCCCCCCCCCCC)OC(=O)CCCCCCCCCCCCC(C)CC. The molecule has 65 heavy (non-hydrogen) atoms. The molecule has 0 saturated heterocycles. The first-order valence-electron chi connectivity index (χ1n) is 29.4. The van der Waals surface area contributed by atoms with Gasteiger partial charge in [0, 0.05) is 19.3 Å². The Morgan fingerprint density at radius 3 is 0.800 bits per heavy atom. The maximum atomic E-state index is 12.8. The van der Waals surface area contributed by atoms with Gasteiger partial charge in [0.1, 0.15) is 13.2 Å². The van der Waals surface area contributed by atoms with E-state index in [0.717, 1.165) is 63.7 Å². The van der Waals surface area contributed by atoms with Gasteiger partial charge in [-0.1, -0.05) is 297 Å². The Labute approximate surface area is 406 Å². The van der Waals surface area contributed by atoms with Crippen molar-refractivity contribution in [1.82, 2.24) is 0 Å². The maximum Gasteiger partial charge on any atom is 0.306 e. The second-order valence-electron chi connectivity index (χ2n) is 20.5. The van der Waals surface area contributed by atoms with Crippen molar-refractivity contribution in [3.63, 3.8) is 0 Å². The first kappa shape index (κ1) is 63.4. The summed E-state index contributed by atoms with van der Waals surface area (Å²) in [6, 6.07) is 0. The number of ether oxygens (including phenoxy) is 3. The van der Waals surface area contributed by atoms with E-state index in [1.807, 2.05) is 0 Å². The van der Waals surface area contributed by atoms with Crippen molar-refractivity contribution in [2.75, 3.05) is 13.2 Å². The molecule has 6 nitrogen and oxygen atoms in total. The largest absolute Gasteiger partial charge is 0.462 e. The number of rotatable bonds is 54. The highest BCUT2D eigenvalue weighted by molar-refractivity contribution is 5.71. The normalized spacial score (nSPS) is 12.4. The monoisotopic (exact) mass is 919 g/mol. The number of carbonyl (C=O) groups is 3. The van der Waals surface area contributed by atoms with Gasteiger partial charge in [0.15, 0.2) is 6.10 Å². The van der Waals surface area contributed by atoms with Crippen LogP contribution in [0.25, 0.3) is 0 Å². The van der Waals surface area contributed by atoms with E-state index in [4.69, 9.17) is 14.2 Å². The standard InChI is InChI=1S/C59H114O6/c1-5-8-10-12-14-16-18-20-22-24-26-28-30-35-39-43-47-51-58(61)64-54-56(65-59(62)52-48-44-40-36-32-31-33-37-41-45-49-55(4)7-3)53-63-57(60)50-46-42-38-34-29-27-25-23-21-19-17-15-13-11-9-6-2/h55-56H,5-54H2,1-4H3/t55?,56-/m1/s1. The molecule has 6 heteroatoms. The molecule has 0 saturated carbocycles. The molecule has 386 valence electrons. The van der Waals surface area contributed by atoms with E-state index in [-0.39, 0.29) is 31.1 Å². The van der Waals surface area contributed by atoms with E-state index in [9.17, 15) is 14.4 Å². The third-order valence-electron chi connectivity index (χ3n) is 13.9. The minimum atomic E-state index is -0.762. The first-order chi connectivity index (χ1) is 31.9.